The minimum Gasteiger partial charge on any atom is -0.0697 e. The van der Waals surface area contributed by atoms with E-state index in [1.165, 1.54) is 93.2 Å². The van der Waals surface area contributed by atoms with Gasteiger partial charge < -0.3 is 0 Å². The van der Waals surface area contributed by atoms with Crippen molar-refractivity contribution in [1.29, 1.82) is 0 Å². The van der Waals surface area contributed by atoms with Gasteiger partial charge in [-0.3, -0.25) is 0 Å². The molecule has 8 aromatic carbocycles. The predicted molar refractivity (Wildman–Crippen MR) is 217 cm³/mol. The Bertz CT molecular complexity index is 2630. The van der Waals surface area contributed by atoms with Gasteiger partial charge >= 0.3 is 0 Å². The zero-order valence-electron chi connectivity index (χ0n) is 28.5. The van der Waals surface area contributed by atoms with E-state index in [0.29, 0.717) is 5.92 Å². The van der Waals surface area contributed by atoms with E-state index in [0.717, 1.165) is 6.42 Å². The van der Waals surface area contributed by atoms with E-state index in [-0.39, 0.29) is 0 Å². The fourth-order valence-electron chi connectivity index (χ4n) is 8.14. The normalized spacial score (nSPS) is 14.6. The molecule has 238 valence electrons. The molecule has 0 saturated carbocycles. The Balaban J connectivity index is 1.21. The number of hydrogen-bond acceptors (Lipinski definition) is 0. The van der Waals surface area contributed by atoms with Gasteiger partial charge in [0.15, 0.2) is 0 Å². The number of aryl methyl sites for hydroxylation is 1. The van der Waals surface area contributed by atoms with Crippen molar-refractivity contribution >= 4 is 54.2 Å². The maximum atomic E-state index is 2.45. The van der Waals surface area contributed by atoms with Gasteiger partial charge in [0.2, 0.25) is 0 Å². The highest BCUT2D eigenvalue weighted by Gasteiger charge is 2.19. The zero-order valence-corrected chi connectivity index (χ0v) is 28.5. The van der Waals surface area contributed by atoms with Crippen LogP contribution in [0.25, 0.3) is 76.5 Å². The Morgan fingerprint density at radius 1 is 0.420 bits per heavy atom. The molecule has 1 aliphatic rings. The summed E-state index contributed by atoms with van der Waals surface area (Å²) in [5.74, 6) is 0.336. The van der Waals surface area contributed by atoms with Gasteiger partial charge in [-0.1, -0.05) is 177 Å². The maximum absolute atomic E-state index is 2.45. The number of hydrogen-bond donors (Lipinski definition) is 0. The summed E-state index contributed by atoms with van der Waals surface area (Å²) in [7, 11) is 0. The fourth-order valence-corrected chi connectivity index (χ4v) is 8.14. The summed E-state index contributed by atoms with van der Waals surface area (Å²) in [4.78, 5) is 0. The lowest BCUT2D eigenvalue weighted by atomic mass is 9.84. The molecule has 50 heavy (non-hydrogen) atoms. The highest BCUT2D eigenvalue weighted by Crippen LogP contribution is 2.46. The van der Waals surface area contributed by atoms with E-state index in [2.05, 4.69) is 190 Å². The zero-order chi connectivity index (χ0) is 33.6. The van der Waals surface area contributed by atoms with Crippen LogP contribution in [-0.2, 0) is 0 Å². The smallest absolute Gasteiger partial charge is 0.00201 e. The molecule has 0 aromatic heterocycles. The van der Waals surface area contributed by atoms with Crippen molar-refractivity contribution in [3.63, 3.8) is 0 Å². The van der Waals surface area contributed by atoms with E-state index in [4.69, 9.17) is 0 Å². The van der Waals surface area contributed by atoms with E-state index in [1.54, 1.807) is 0 Å². The van der Waals surface area contributed by atoms with E-state index in [9.17, 15) is 0 Å². The summed E-state index contributed by atoms with van der Waals surface area (Å²) in [5.41, 5.74) is 11.5. The molecule has 1 aliphatic carbocycles. The summed E-state index contributed by atoms with van der Waals surface area (Å²) in [6, 6.07) is 55.9. The molecule has 0 aliphatic heterocycles. The van der Waals surface area contributed by atoms with Crippen LogP contribution in [0.15, 0.2) is 176 Å². The summed E-state index contributed by atoms with van der Waals surface area (Å²) in [6.07, 6.45) is 10.6. The number of benzene rings is 8. The molecule has 8 aromatic rings. The summed E-state index contributed by atoms with van der Waals surface area (Å²) in [5, 5.41) is 10.3. The van der Waals surface area contributed by atoms with Crippen LogP contribution in [0.5, 0.6) is 0 Å². The van der Waals surface area contributed by atoms with Gasteiger partial charge in [-0.05, 0) is 119 Å². The highest BCUT2D eigenvalue weighted by molar-refractivity contribution is 6.23. The van der Waals surface area contributed by atoms with Crippen LogP contribution in [-0.4, -0.2) is 0 Å². The average molecular weight is 639 g/mol. The highest BCUT2D eigenvalue weighted by atomic mass is 14.2. The molecule has 0 amide bonds. The Labute approximate surface area is 294 Å². The first kappa shape index (κ1) is 30.1. The molecule has 1 atom stereocenters. The van der Waals surface area contributed by atoms with Gasteiger partial charge in [-0.2, -0.15) is 0 Å². The van der Waals surface area contributed by atoms with Crippen LogP contribution in [0, 0.1) is 12.8 Å². The molecule has 0 bridgehead atoms. The second kappa shape index (κ2) is 12.5. The van der Waals surface area contributed by atoms with Gasteiger partial charge in [-0.25, -0.2) is 0 Å². The van der Waals surface area contributed by atoms with Gasteiger partial charge in [0.05, 0.1) is 0 Å². The van der Waals surface area contributed by atoms with Crippen molar-refractivity contribution < 1.29 is 0 Å². The Hall–Kier alpha value is -5.98. The first-order valence-corrected chi connectivity index (χ1v) is 17.8. The van der Waals surface area contributed by atoms with Gasteiger partial charge in [-0.15, -0.1) is 0 Å². The average Bonchev–Trinajstić information content (AvgIpc) is 3.40. The molecule has 0 spiro atoms. The van der Waals surface area contributed by atoms with E-state index >= 15 is 0 Å². The second-order valence-corrected chi connectivity index (χ2v) is 13.6. The van der Waals surface area contributed by atoms with Crippen molar-refractivity contribution in [2.24, 2.45) is 5.92 Å². The third-order valence-electron chi connectivity index (χ3n) is 10.6. The van der Waals surface area contributed by atoms with Crippen molar-refractivity contribution in [1.82, 2.24) is 0 Å². The Kier molecular flexibility index (Phi) is 7.51. The molecule has 0 nitrogen and oxygen atoms in total. The molecule has 0 heterocycles. The van der Waals surface area contributed by atoms with Gasteiger partial charge in [0.1, 0.15) is 0 Å². The van der Waals surface area contributed by atoms with Crippen LogP contribution in [0.1, 0.15) is 30.0 Å². The van der Waals surface area contributed by atoms with Crippen molar-refractivity contribution in [2.75, 3.05) is 0 Å². The molecule has 0 N–H and O–H groups in total. The molecule has 0 fully saturated rings. The van der Waals surface area contributed by atoms with Crippen LogP contribution in [0.3, 0.4) is 0 Å². The largest absolute Gasteiger partial charge is 0.0697 e. The van der Waals surface area contributed by atoms with Gasteiger partial charge in [0, 0.05) is 0 Å². The summed E-state index contributed by atoms with van der Waals surface area (Å²) < 4.78 is 0. The lowest BCUT2D eigenvalue weighted by molar-refractivity contribution is 0.778. The number of fused-ring (bicyclic) bond motifs is 4. The standard InChI is InChI=1S/C50H38/c1-3-34-30-37(27-28-38(31-34)42-25-13-15-35-14-4-5-19-41(35)42)36-16-12-17-39(32-36)49-44-21-8-10-23-46(44)50(47-24-11-9-22-45(47)49)48-29-26-33(2)40-18-6-7-20-43(40)48/h4-32,34H,3H2,1-2H3. The van der Waals surface area contributed by atoms with Crippen molar-refractivity contribution in [2.45, 2.75) is 20.3 Å². The van der Waals surface area contributed by atoms with Crippen LogP contribution >= 0.6 is 0 Å². The first-order valence-electron chi connectivity index (χ1n) is 17.8. The van der Waals surface area contributed by atoms with E-state index < -0.39 is 0 Å². The summed E-state index contributed by atoms with van der Waals surface area (Å²) >= 11 is 0. The topological polar surface area (TPSA) is 0 Å². The minimum absolute atomic E-state index is 0.336. The predicted octanol–water partition coefficient (Wildman–Crippen LogP) is 14.0. The third kappa shape index (κ3) is 5.08. The van der Waals surface area contributed by atoms with Crippen LogP contribution in [0.4, 0.5) is 0 Å². The third-order valence-corrected chi connectivity index (χ3v) is 10.6. The van der Waals surface area contributed by atoms with Gasteiger partial charge in [0.25, 0.3) is 0 Å². The summed E-state index contributed by atoms with van der Waals surface area (Å²) in [6.45, 7) is 4.50. The van der Waals surface area contributed by atoms with Crippen LogP contribution in [0.2, 0.25) is 0 Å². The van der Waals surface area contributed by atoms with E-state index in [1.807, 2.05) is 0 Å². The SMILES string of the molecule is CCC1C=C(c2cccc(-c3c4ccccc4c(-c4ccc(C)c5ccccc45)c4ccccc34)c2)C=CC(c2cccc3ccccc23)=C1. The quantitative estimate of drug-likeness (QED) is 0.165. The molecule has 1 unspecified atom stereocenters. The molecular weight excluding hydrogens is 601 g/mol. The lowest BCUT2D eigenvalue weighted by Gasteiger charge is -2.19. The van der Waals surface area contributed by atoms with Crippen molar-refractivity contribution in [3.05, 3.63) is 193 Å². The molecule has 9 rings (SSSR count). The lowest BCUT2D eigenvalue weighted by Crippen LogP contribution is -1.94. The molecule has 0 heteroatoms. The Morgan fingerprint density at radius 3 is 1.68 bits per heavy atom. The second-order valence-electron chi connectivity index (χ2n) is 13.6. The monoisotopic (exact) mass is 638 g/mol. The first-order chi connectivity index (χ1) is 24.7. The van der Waals surface area contributed by atoms with Crippen molar-refractivity contribution in [3.8, 4) is 22.3 Å². The molecule has 0 radical (unpaired) electrons. The molecular formula is C50H38. The van der Waals surface area contributed by atoms with Crippen LogP contribution < -0.4 is 0 Å². The number of rotatable bonds is 5. The minimum atomic E-state index is 0.336. The fraction of sp³-hybridized carbons (Fsp3) is 0.0800. The Morgan fingerprint density at radius 2 is 0.960 bits per heavy atom. The maximum Gasteiger partial charge on any atom is -0.00201 e. The number of allylic oxidation sites excluding steroid dienone is 6. The molecule has 0 saturated heterocycles.